The van der Waals surface area contributed by atoms with E-state index in [4.69, 9.17) is 13.9 Å². The zero-order valence-electron chi connectivity index (χ0n) is 19.6. The summed E-state index contributed by atoms with van der Waals surface area (Å²) in [4.78, 5) is 37.3. The second-order valence-corrected chi connectivity index (χ2v) is 8.02. The van der Waals surface area contributed by atoms with Gasteiger partial charge in [-0.05, 0) is 42.8 Å². The topological polar surface area (TPSA) is 110 Å². The molecule has 9 nitrogen and oxygen atoms in total. The first kappa shape index (κ1) is 23.7. The van der Waals surface area contributed by atoms with Crippen LogP contribution in [0.3, 0.4) is 0 Å². The van der Waals surface area contributed by atoms with Gasteiger partial charge >= 0.3 is 11.9 Å². The third-order valence-electron chi connectivity index (χ3n) is 5.64. The molecule has 1 atom stereocenters. The molecule has 0 radical (unpaired) electrons. The maximum Gasteiger partial charge on any atom is 0.337 e. The number of nitrogens with one attached hydrogen (secondary N) is 1. The van der Waals surface area contributed by atoms with Gasteiger partial charge in [0, 0.05) is 12.1 Å². The lowest BCUT2D eigenvalue weighted by Gasteiger charge is -2.20. The Balaban J connectivity index is 1.57. The molecule has 0 spiro atoms. The highest BCUT2D eigenvalue weighted by Gasteiger charge is 2.34. The van der Waals surface area contributed by atoms with Crippen molar-refractivity contribution in [1.82, 2.24) is 5.01 Å². The molecule has 2 heterocycles. The monoisotopic (exact) mass is 475 g/mol. The number of rotatable bonds is 7. The molecule has 1 unspecified atom stereocenters. The molecule has 0 aliphatic carbocycles. The van der Waals surface area contributed by atoms with Crippen molar-refractivity contribution < 1.29 is 28.3 Å². The molecule has 1 aromatic heterocycles. The van der Waals surface area contributed by atoms with E-state index in [1.807, 2.05) is 37.3 Å². The maximum atomic E-state index is 13.2. The third kappa shape index (κ3) is 5.24. The smallest absolute Gasteiger partial charge is 0.337 e. The molecule has 0 fully saturated rings. The molecule has 4 rings (SSSR count). The zero-order chi connectivity index (χ0) is 24.9. The normalized spacial score (nSPS) is 14.9. The summed E-state index contributed by atoms with van der Waals surface area (Å²) in [6.45, 7) is 1.88. The van der Waals surface area contributed by atoms with Gasteiger partial charge in [-0.1, -0.05) is 29.8 Å². The number of anilines is 1. The van der Waals surface area contributed by atoms with Gasteiger partial charge in [-0.15, -0.1) is 0 Å². The Hall–Kier alpha value is -4.40. The molecule has 0 saturated carbocycles. The van der Waals surface area contributed by atoms with Gasteiger partial charge in [0.25, 0.3) is 5.91 Å². The van der Waals surface area contributed by atoms with Crippen LogP contribution in [0.5, 0.6) is 0 Å². The number of hydrogen-bond donors (Lipinski definition) is 1. The summed E-state index contributed by atoms with van der Waals surface area (Å²) in [5, 5.41) is 9.00. The third-order valence-corrected chi connectivity index (χ3v) is 5.64. The van der Waals surface area contributed by atoms with Crippen molar-refractivity contribution in [3.63, 3.8) is 0 Å². The number of benzene rings is 2. The Morgan fingerprint density at radius 3 is 2.26 bits per heavy atom. The van der Waals surface area contributed by atoms with Gasteiger partial charge < -0.3 is 19.2 Å². The molecule has 1 N–H and O–H groups in total. The number of esters is 2. The first-order valence-corrected chi connectivity index (χ1v) is 10.9. The van der Waals surface area contributed by atoms with Crippen molar-refractivity contribution >= 4 is 29.2 Å². The van der Waals surface area contributed by atoms with Crippen molar-refractivity contribution in [3.05, 3.63) is 88.9 Å². The molecule has 0 bridgehead atoms. The van der Waals surface area contributed by atoms with E-state index in [1.165, 1.54) is 37.4 Å². The summed E-state index contributed by atoms with van der Waals surface area (Å²) in [5.74, 6) is -0.911. The van der Waals surface area contributed by atoms with Crippen LogP contribution in [0.2, 0.25) is 0 Å². The molecule has 9 heteroatoms. The number of nitrogens with zero attached hydrogens (tertiary/aromatic N) is 2. The lowest BCUT2D eigenvalue weighted by atomic mass is 10.0. The van der Waals surface area contributed by atoms with Crippen molar-refractivity contribution in [1.29, 1.82) is 0 Å². The fourth-order valence-electron chi connectivity index (χ4n) is 3.82. The Morgan fingerprint density at radius 1 is 1.03 bits per heavy atom. The van der Waals surface area contributed by atoms with Crippen LogP contribution < -0.4 is 5.32 Å². The molecular formula is C26H25N3O6. The molecule has 35 heavy (non-hydrogen) atoms. The van der Waals surface area contributed by atoms with Crippen molar-refractivity contribution in [2.24, 2.45) is 5.10 Å². The molecule has 2 aromatic carbocycles. The van der Waals surface area contributed by atoms with Gasteiger partial charge in [-0.3, -0.25) is 4.79 Å². The Labute approximate surface area is 202 Å². The summed E-state index contributed by atoms with van der Waals surface area (Å²) in [7, 11) is 2.49. The molecule has 180 valence electrons. The molecular weight excluding hydrogens is 450 g/mol. The number of amides is 1. The van der Waals surface area contributed by atoms with Gasteiger partial charge in [0.15, 0.2) is 0 Å². The van der Waals surface area contributed by atoms with Crippen molar-refractivity contribution in [2.75, 3.05) is 26.1 Å². The molecule has 3 aromatic rings. The predicted molar refractivity (Wildman–Crippen MR) is 128 cm³/mol. The molecule has 0 saturated heterocycles. The van der Waals surface area contributed by atoms with Crippen molar-refractivity contribution in [3.8, 4) is 0 Å². The standard InChI is InChI=1S/C26H25N3O6/c1-16-6-8-17(9-7-16)21-14-22(23-5-4-10-35-23)29(28-21)24(30)15-27-20-12-18(25(31)33-2)11-19(13-20)26(32)34-3/h4-13,22,27H,14-15H2,1-3H3. The van der Waals surface area contributed by atoms with E-state index >= 15 is 0 Å². The van der Waals surface area contributed by atoms with Gasteiger partial charge in [0.2, 0.25) is 0 Å². The van der Waals surface area contributed by atoms with Gasteiger partial charge in [0.05, 0.1) is 43.9 Å². The molecule has 1 aliphatic rings. The first-order chi connectivity index (χ1) is 16.9. The van der Waals surface area contributed by atoms with E-state index in [0.717, 1.165) is 16.8 Å². The lowest BCUT2D eigenvalue weighted by Crippen LogP contribution is -2.32. The average molecular weight is 476 g/mol. The summed E-state index contributed by atoms with van der Waals surface area (Å²) >= 11 is 0. The van der Waals surface area contributed by atoms with E-state index in [9.17, 15) is 14.4 Å². The Kier molecular flexibility index (Phi) is 6.96. The number of hydrogen-bond acceptors (Lipinski definition) is 8. The minimum absolute atomic E-state index is 0.132. The van der Waals surface area contributed by atoms with Crippen LogP contribution in [0.1, 0.15) is 50.1 Å². The highest BCUT2D eigenvalue weighted by atomic mass is 16.5. The van der Waals surface area contributed by atoms with Crippen LogP contribution in [-0.2, 0) is 14.3 Å². The summed E-state index contributed by atoms with van der Waals surface area (Å²) < 4.78 is 15.1. The number of hydrazone groups is 1. The lowest BCUT2D eigenvalue weighted by molar-refractivity contribution is -0.131. The van der Waals surface area contributed by atoms with E-state index in [1.54, 1.807) is 12.3 Å². The zero-order valence-corrected chi connectivity index (χ0v) is 19.6. The van der Waals surface area contributed by atoms with Crippen LogP contribution in [0.25, 0.3) is 0 Å². The SMILES string of the molecule is COC(=O)c1cc(NCC(=O)N2N=C(c3ccc(C)cc3)CC2c2ccco2)cc(C(=O)OC)c1. The number of carbonyl (C=O) groups excluding carboxylic acids is 3. The number of methoxy groups -OCH3 is 2. The van der Waals surface area contributed by atoms with E-state index in [2.05, 4.69) is 10.4 Å². The second-order valence-electron chi connectivity index (χ2n) is 8.02. The van der Waals surface area contributed by atoms with E-state index in [0.29, 0.717) is 17.9 Å². The second kappa shape index (κ2) is 10.3. The first-order valence-electron chi connectivity index (χ1n) is 10.9. The summed E-state index contributed by atoms with van der Waals surface area (Å²) in [6.07, 6.45) is 2.07. The van der Waals surface area contributed by atoms with Crippen LogP contribution in [-0.4, -0.2) is 49.3 Å². The number of furan rings is 1. The number of ether oxygens (including phenoxy) is 2. The average Bonchev–Trinajstić information content (AvgIpc) is 3.57. The van der Waals surface area contributed by atoms with Crippen molar-refractivity contribution in [2.45, 2.75) is 19.4 Å². The number of aryl methyl sites for hydroxylation is 1. The van der Waals surface area contributed by atoms with Crippen LogP contribution in [0.15, 0.2) is 70.4 Å². The minimum Gasteiger partial charge on any atom is -0.467 e. The minimum atomic E-state index is -0.616. The van der Waals surface area contributed by atoms with Crippen LogP contribution in [0.4, 0.5) is 5.69 Å². The molecule has 1 amide bonds. The van der Waals surface area contributed by atoms with Crippen LogP contribution >= 0.6 is 0 Å². The van der Waals surface area contributed by atoms with E-state index in [-0.39, 0.29) is 29.6 Å². The highest BCUT2D eigenvalue weighted by Crippen LogP contribution is 2.33. The van der Waals surface area contributed by atoms with Gasteiger partial charge in [-0.2, -0.15) is 5.10 Å². The largest absolute Gasteiger partial charge is 0.467 e. The predicted octanol–water partition coefficient (Wildman–Crippen LogP) is 3.95. The fourth-order valence-corrected chi connectivity index (χ4v) is 3.82. The summed E-state index contributed by atoms with van der Waals surface area (Å²) in [5.41, 5.74) is 3.54. The van der Waals surface area contributed by atoms with E-state index < -0.39 is 11.9 Å². The quantitative estimate of drug-likeness (QED) is 0.515. The number of carbonyl (C=O) groups is 3. The van der Waals surface area contributed by atoms with Crippen LogP contribution in [0, 0.1) is 6.92 Å². The maximum absolute atomic E-state index is 13.2. The fraction of sp³-hybridized carbons (Fsp3) is 0.231. The van der Waals surface area contributed by atoms with Gasteiger partial charge in [0.1, 0.15) is 11.8 Å². The van der Waals surface area contributed by atoms with Gasteiger partial charge in [-0.25, -0.2) is 14.6 Å². The Morgan fingerprint density at radius 2 is 1.69 bits per heavy atom. The molecule has 1 aliphatic heterocycles. The highest BCUT2D eigenvalue weighted by molar-refractivity contribution is 6.03. The summed E-state index contributed by atoms with van der Waals surface area (Å²) in [6, 6.07) is 15.5. The Bertz CT molecular complexity index is 1230.